The molecule has 0 aliphatic heterocycles. The highest BCUT2D eigenvalue weighted by atomic mass is 35.5. The van der Waals surface area contributed by atoms with Crippen molar-refractivity contribution < 1.29 is 14.7 Å². The Hall–Kier alpha value is -1.14. The van der Waals surface area contributed by atoms with Gasteiger partial charge < -0.3 is 10.4 Å². The third-order valence-corrected chi connectivity index (χ3v) is 2.65. The molecule has 0 saturated heterocycles. The lowest BCUT2D eigenvalue weighted by molar-refractivity contribution is 0.0694. The first-order chi connectivity index (χ1) is 7.20. The summed E-state index contributed by atoms with van der Waals surface area (Å²) in [6, 6.07) is 0. The number of carboxylic acid groups (broad SMARTS) is 1. The third kappa shape index (κ3) is 3.18. The lowest BCUT2D eigenvalue weighted by Gasteiger charge is -2.19. The molecule has 0 aliphatic rings. The van der Waals surface area contributed by atoms with Gasteiger partial charge in [0, 0.05) is 5.54 Å². The van der Waals surface area contributed by atoms with Gasteiger partial charge in [0.05, 0.1) is 0 Å². The Balaban J connectivity index is 3.04. The van der Waals surface area contributed by atoms with Crippen LogP contribution in [0.25, 0.3) is 0 Å². The van der Waals surface area contributed by atoms with Crippen LogP contribution in [0.3, 0.4) is 0 Å². The Morgan fingerprint density at radius 1 is 1.44 bits per heavy atom. The topological polar surface area (TPSA) is 79.3 Å². The summed E-state index contributed by atoms with van der Waals surface area (Å²) in [6.45, 7) is 5.37. The molecule has 1 amide bonds. The van der Waals surface area contributed by atoms with Crippen LogP contribution < -0.4 is 5.32 Å². The molecule has 0 atom stereocenters. The maximum absolute atomic E-state index is 11.7. The first-order valence-electron chi connectivity index (χ1n) is 4.43. The summed E-state index contributed by atoms with van der Waals surface area (Å²) >= 11 is 6.36. The number of rotatable bonds is 2. The van der Waals surface area contributed by atoms with E-state index in [1.54, 1.807) is 20.8 Å². The van der Waals surface area contributed by atoms with Gasteiger partial charge in [-0.3, -0.25) is 4.79 Å². The van der Waals surface area contributed by atoms with Crippen molar-refractivity contribution in [2.24, 2.45) is 0 Å². The number of halogens is 1. The summed E-state index contributed by atoms with van der Waals surface area (Å²) in [7, 11) is 0. The molecule has 0 bridgehead atoms. The van der Waals surface area contributed by atoms with Crippen LogP contribution in [0.4, 0.5) is 0 Å². The number of aromatic carboxylic acids is 1. The number of nitrogens with one attached hydrogen (secondary N) is 1. The highest BCUT2D eigenvalue weighted by Gasteiger charge is 2.25. The second-order valence-electron chi connectivity index (χ2n) is 4.15. The smallest absolute Gasteiger partial charge is 0.348 e. The minimum Gasteiger partial charge on any atom is -0.477 e. The minimum atomic E-state index is -1.21. The summed E-state index contributed by atoms with van der Waals surface area (Å²) in [5.41, 5.74) is -0.597. The highest BCUT2D eigenvalue weighted by molar-refractivity contribution is 7.17. The number of hydrogen-bond acceptors (Lipinski definition) is 4. The Bertz CT molecular complexity index is 436. The van der Waals surface area contributed by atoms with Crippen molar-refractivity contribution >= 4 is 34.8 Å². The standard InChI is InChI=1S/C9H11ClN2O3S/c1-9(2,3)12-6(13)4-5(7(14)15)16-8(10)11-4/h1-3H3,(H,12,13)(H,14,15). The largest absolute Gasteiger partial charge is 0.477 e. The molecule has 1 aromatic heterocycles. The van der Waals surface area contributed by atoms with E-state index in [-0.39, 0.29) is 15.0 Å². The second kappa shape index (κ2) is 4.39. The van der Waals surface area contributed by atoms with Crippen molar-refractivity contribution in [2.75, 3.05) is 0 Å². The van der Waals surface area contributed by atoms with Crippen LogP contribution in [-0.2, 0) is 0 Å². The number of carbonyl (C=O) groups excluding carboxylic acids is 1. The fourth-order valence-corrected chi connectivity index (χ4v) is 1.94. The zero-order chi connectivity index (χ0) is 12.5. The van der Waals surface area contributed by atoms with Gasteiger partial charge in [0.2, 0.25) is 0 Å². The Morgan fingerprint density at radius 2 is 2.00 bits per heavy atom. The molecule has 0 spiro atoms. The van der Waals surface area contributed by atoms with E-state index in [2.05, 4.69) is 10.3 Å². The van der Waals surface area contributed by atoms with Crippen LogP contribution in [0.5, 0.6) is 0 Å². The average molecular weight is 263 g/mol. The quantitative estimate of drug-likeness (QED) is 0.855. The Kier molecular flexibility index (Phi) is 3.54. The van der Waals surface area contributed by atoms with Crippen LogP contribution in [0.1, 0.15) is 40.9 Å². The predicted molar refractivity (Wildman–Crippen MR) is 61.3 cm³/mol. The summed E-state index contributed by atoms with van der Waals surface area (Å²) in [4.78, 5) is 26.1. The molecule has 1 rings (SSSR count). The molecule has 0 saturated carbocycles. The van der Waals surface area contributed by atoms with Gasteiger partial charge in [0.1, 0.15) is 4.88 Å². The molecule has 16 heavy (non-hydrogen) atoms. The molecule has 5 nitrogen and oxygen atoms in total. The van der Waals surface area contributed by atoms with Crippen molar-refractivity contribution in [3.8, 4) is 0 Å². The fraction of sp³-hybridized carbons (Fsp3) is 0.444. The van der Waals surface area contributed by atoms with Crippen molar-refractivity contribution in [3.05, 3.63) is 15.0 Å². The maximum atomic E-state index is 11.7. The number of amides is 1. The summed E-state index contributed by atoms with van der Waals surface area (Å²) < 4.78 is 0.0384. The molecule has 0 aliphatic carbocycles. The van der Waals surface area contributed by atoms with Crippen molar-refractivity contribution in [1.29, 1.82) is 0 Å². The van der Waals surface area contributed by atoms with E-state index in [0.717, 1.165) is 11.3 Å². The van der Waals surface area contributed by atoms with Gasteiger partial charge in [-0.25, -0.2) is 9.78 Å². The number of carboxylic acids is 1. The van der Waals surface area contributed by atoms with Crippen LogP contribution >= 0.6 is 22.9 Å². The molecule has 2 N–H and O–H groups in total. The van der Waals surface area contributed by atoms with Crippen molar-refractivity contribution in [3.63, 3.8) is 0 Å². The molecule has 1 aromatic rings. The number of hydrogen-bond donors (Lipinski definition) is 2. The van der Waals surface area contributed by atoms with E-state index in [1.807, 2.05) is 0 Å². The van der Waals surface area contributed by atoms with E-state index < -0.39 is 17.4 Å². The van der Waals surface area contributed by atoms with Crippen molar-refractivity contribution in [2.45, 2.75) is 26.3 Å². The minimum absolute atomic E-state index is 0.0384. The van der Waals surface area contributed by atoms with Gasteiger partial charge >= 0.3 is 5.97 Å². The molecule has 1 heterocycles. The first kappa shape index (κ1) is 12.9. The first-order valence-corrected chi connectivity index (χ1v) is 5.62. The molecule has 0 fully saturated rings. The lowest BCUT2D eigenvalue weighted by atomic mass is 10.1. The summed E-state index contributed by atoms with van der Waals surface area (Å²) in [6.07, 6.45) is 0. The highest BCUT2D eigenvalue weighted by Crippen LogP contribution is 2.23. The normalized spacial score (nSPS) is 11.2. The summed E-state index contributed by atoms with van der Waals surface area (Å²) in [5, 5.41) is 11.5. The molecule has 7 heteroatoms. The maximum Gasteiger partial charge on any atom is 0.348 e. The van der Waals surface area contributed by atoms with Crippen LogP contribution in [0, 0.1) is 0 Å². The molecule has 0 unspecified atom stereocenters. The average Bonchev–Trinajstić information content (AvgIpc) is 2.44. The number of aromatic nitrogens is 1. The Morgan fingerprint density at radius 3 is 2.44 bits per heavy atom. The van der Waals surface area contributed by atoms with Crippen LogP contribution in [-0.4, -0.2) is 27.5 Å². The van der Waals surface area contributed by atoms with Crippen LogP contribution in [0.15, 0.2) is 0 Å². The van der Waals surface area contributed by atoms with Crippen molar-refractivity contribution in [1.82, 2.24) is 10.3 Å². The zero-order valence-corrected chi connectivity index (χ0v) is 10.6. The van der Waals surface area contributed by atoms with Gasteiger partial charge in [0.25, 0.3) is 5.91 Å². The molecule has 88 valence electrons. The van der Waals surface area contributed by atoms with E-state index in [1.165, 1.54) is 0 Å². The fourth-order valence-electron chi connectivity index (χ4n) is 0.993. The monoisotopic (exact) mass is 262 g/mol. The van der Waals surface area contributed by atoms with E-state index >= 15 is 0 Å². The van der Waals surface area contributed by atoms with Gasteiger partial charge in [-0.05, 0) is 20.8 Å². The Labute approximate surface area is 101 Å². The van der Waals surface area contributed by atoms with Gasteiger partial charge in [-0.15, -0.1) is 0 Å². The van der Waals surface area contributed by atoms with E-state index in [4.69, 9.17) is 16.7 Å². The van der Waals surface area contributed by atoms with Gasteiger partial charge in [-0.2, -0.15) is 0 Å². The molecule has 0 aromatic carbocycles. The lowest BCUT2D eigenvalue weighted by Crippen LogP contribution is -2.41. The SMILES string of the molecule is CC(C)(C)NC(=O)c1nc(Cl)sc1C(=O)O. The third-order valence-electron chi connectivity index (χ3n) is 1.50. The number of carbonyl (C=O) groups is 2. The van der Waals surface area contributed by atoms with Gasteiger partial charge in [-0.1, -0.05) is 22.9 Å². The molecule has 0 radical (unpaired) electrons. The predicted octanol–water partition coefficient (Wildman–Crippen LogP) is 2.02. The number of nitrogens with zero attached hydrogens (tertiary/aromatic N) is 1. The second-order valence-corrected chi connectivity index (χ2v) is 5.74. The van der Waals surface area contributed by atoms with E-state index in [0.29, 0.717) is 0 Å². The van der Waals surface area contributed by atoms with Crippen LogP contribution in [0.2, 0.25) is 4.47 Å². The van der Waals surface area contributed by atoms with E-state index in [9.17, 15) is 9.59 Å². The van der Waals surface area contributed by atoms with Gasteiger partial charge in [0.15, 0.2) is 10.2 Å². The molecular weight excluding hydrogens is 252 g/mol. The number of thiazole rings is 1. The summed E-state index contributed by atoms with van der Waals surface area (Å²) in [5.74, 6) is -1.74. The zero-order valence-electron chi connectivity index (χ0n) is 9.00. The molecular formula is C9H11ClN2O3S.